The van der Waals surface area contributed by atoms with E-state index in [1.807, 2.05) is 0 Å². The molecule has 63 heavy (non-hydrogen) atoms. The van der Waals surface area contributed by atoms with Crippen LogP contribution in [0.5, 0.6) is 0 Å². The molecule has 0 aliphatic heterocycles. The molecule has 12 nitrogen and oxygen atoms in total. The normalized spacial score (nSPS) is 14.6. The first-order valence-electron chi connectivity index (χ1n) is 24.3. The Labute approximate surface area is 385 Å². The quantitative estimate of drug-likeness (QED) is 0.0301. The van der Waals surface area contributed by atoms with Gasteiger partial charge < -0.3 is 27.1 Å². The van der Waals surface area contributed by atoms with E-state index in [0.717, 1.165) is 103 Å². The van der Waals surface area contributed by atoms with Crippen molar-refractivity contribution in [3.8, 4) is 0 Å². The van der Waals surface area contributed by atoms with Gasteiger partial charge in [0.05, 0.1) is 37.6 Å². The van der Waals surface area contributed by atoms with Crippen LogP contribution in [0.3, 0.4) is 0 Å². The van der Waals surface area contributed by atoms with E-state index in [1.165, 1.54) is 127 Å². The van der Waals surface area contributed by atoms with Gasteiger partial charge in [0, 0.05) is 0 Å². The lowest BCUT2D eigenvalue weighted by atomic mass is 10.1. The van der Waals surface area contributed by atoms with E-state index in [-0.39, 0.29) is 0 Å². The van der Waals surface area contributed by atoms with Crippen molar-refractivity contribution < 1.29 is 55.5 Å². The van der Waals surface area contributed by atoms with Gasteiger partial charge in [0.25, 0.3) is 0 Å². The van der Waals surface area contributed by atoms with Crippen molar-refractivity contribution in [3.05, 3.63) is 74.0 Å². The van der Waals surface area contributed by atoms with E-state index in [9.17, 15) is 28.4 Å². The molecule has 0 aromatic rings. The summed E-state index contributed by atoms with van der Waals surface area (Å²) in [6, 6.07) is 0. The average Bonchev–Trinajstić information content (AvgIpc) is 3.25. The molecule has 0 unspecified atom stereocenters. The number of allylic oxidation sites excluding steroid dienone is 6. The van der Waals surface area contributed by atoms with Gasteiger partial charge in [0.15, 0.2) is 0 Å². The summed E-state index contributed by atoms with van der Waals surface area (Å²) in [5.41, 5.74) is 0. The van der Waals surface area contributed by atoms with Gasteiger partial charge in [-0.3, -0.25) is 14.7 Å². The number of phosphoric ester groups is 3. The monoisotopic (exact) mass is 955 g/mol. The first kappa shape index (κ1) is 65.1. The maximum Gasteiger partial charge on any atom is 0.583 e. The summed E-state index contributed by atoms with van der Waals surface area (Å²) in [6.07, 6.45) is 51.3. The van der Waals surface area contributed by atoms with Crippen LogP contribution in [0.15, 0.2) is 74.0 Å². The smallest absolute Gasteiger partial charge is 0.404 e. The SMILES string of the molecule is CCCCCC=COP(=O)(O)OC=CCCCCC.CCCCCCC=COP(=O)(O)OC=CCCCCCC.CCCCCCCC=COP(=O)(O)OC=CCCCCCCC. The zero-order valence-electron chi connectivity index (χ0n) is 40.5. The highest BCUT2D eigenvalue weighted by atomic mass is 31.2. The molecule has 0 saturated heterocycles. The Bertz CT molecular complexity index is 1200. The lowest BCUT2D eigenvalue weighted by Crippen LogP contribution is -1.84. The van der Waals surface area contributed by atoms with Crippen molar-refractivity contribution in [2.75, 3.05) is 0 Å². The third-order valence-corrected chi connectivity index (χ3v) is 11.4. The van der Waals surface area contributed by atoms with Crippen LogP contribution >= 0.6 is 23.5 Å². The molecule has 0 radical (unpaired) electrons. The molecule has 0 saturated carbocycles. The molecule has 3 N–H and O–H groups in total. The fourth-order valence-corrected chi connectivity index (χ4v) is 6.92. The van der Waals surface area contributed by atoms with Crippen molar-refractivity contribution in [2.45, 2.75) is 234 Å². The fourth-order valence-electron chi connectivity index (χ4n) is 5.34. The van der Waals surface area contributed by atoms with Crippen molar-refractivity contribution >= 4 is 23.5 Å². The highest BCUT2D eigenvalue weighted by Gasteiger charge is 2.21. The molecule has 0 aliphatic rings. The van der Waals surface area contributed by atoms with E-state index in [1.54, 1.807) is 36.5 Å². The molecular formula is C48H93O12P3. The summed E-state index contributed by atoms with van der Waals surface area (Å²) in [4.78, 5) is 28.2. The second-order valence-corrected chi connectivity index (χ2v) is 19.4. The first-order valence-corrected chi connectivity index (χ1v) is 28.8. The molecule has 0 rings (SSSR count). The van der Waals surface area contributed by atoms with Crippen molar-refractivity contribution in [2.24, 2.45) is 0 Å². The van der Waals surface area contributed by atoms with Gasteiger partial charge >= 0.3 is 23.5 Å². The number of phosphoric acid groups is 3. The Kier molecular flexibility index (Phi) is 52.5. The van der Waals surface area contributed by atoms with E-state index < -0.39 is 23.5 Å². The largest absolute Gasteiger partial charge is 0.583 e. The van der Waals surface area contributed by atoms with Gasteiger partial charge in [-0.15, -0.1) is 0 Å². The van der Waals surface area contributed by atoms with E-state index >= 15 is 0 Å². The van der Waals surface area contributed by atoms with Crippen molar-refractivity contribution in [3.63, 3.8) is 0 Å². The lowest BCUT2D eigenvalue weighted by molar-refractivity contribution is 0.241. The first-order chi connectivity index (χ1) is 30.4. The predicted octanol–water partition coefficient (Wildman–Crippen LogP) is 18.3. The third kappa shape index (κ3) is 59.8. The fraction of sp³-hybridized carbons (Fsp3) is 0.750. The Morgan fingerprint density at radius 3 is 0.603 bits per heavy atom. The van der Waals surface area contributed by atoms with E-state index in [4.69, 9.17) is 27.1 Å². The summed E-state index contributed by atoms with van der Waals surface area (Å²) in [6.45, 7) is 13.0. The van der Waals surface area contributed by atoms with Gasteiger partial charge in [-0.2, -0.15) is 0 Å². The van der Waals surface area contributed by atoms with Crippen molar-refractivity contribution in [1.29, 1.82) is 0 Å². The van der Waals surface area contributed by atoms with Crippen LogP contribution in [-0.2, 0) is 40.8 Å². The van der Waals surface area contributed by atoms with Crippen LogP contribution in [0, 0.1) is 0 Å². The van der Waals surface area contributed by atoms with E-state index in [0.29, 0.717) is 0 Å². The Balaban J connectivity index is -0.000000861. The molecule has 0 bridgehead atoms. The van der Waals surface area contributed by atoms with Gasteiger partial charge in [-0.25, -0.2) is 13.7 Å². The molecule has 0 amide bonds. The summed E-state index contributed by atoms with van der Waals surface area (Å²) >= 11 is 0. The average molecular weight is 955 g/mol. The molecule has 0 aliphatic carbocycles. The predicted molar refractivity (Wildman–Crippen MR) is 263 cm³/mol. The van der Waals surface area contributed by atoms with Gasteiger partial charge in [-0.1, -0.05) is 157 Å². The maximum absolute atomic E-state index is 11.6. The zero-order chi connectivity index (χ0) is 47.4. The zero-order valence-corrected chi connectivity index (χ0v) is 43.2. The molecule has 0 aromatic heterocycles. The Morgan fingerprint density at radius 1 is 0.270 bits per heavy atom. The van der Waals surface area contributed by atoms with Crippen LogP contribution in [0.2, 0.25) is 0 Å². The second-order valence-electron chi connectivity index (χ2n) is 15.4. The van der Waals surface area contributed by atoms with Crippen LogP contribution in [0.4, 0.5) is 0 Å². The van der Waals surface area contributed by atoms with Crippen LogP contribution in [0.1, 0.15) is 234 Å². The number of rotatable bonds is 42. The topological polar surface area (TPSA) is 167 Å². The summed E-state index contributed by atoms with van der Waals surface area (Å²) < 4.78 is 62.9. The number of unbranched alkanes of at least 4 members (excludes halogenated alkanes) is 24. The standard InChI is InChI=1S/C18H35O4P.C16H31O4P.C14H27O4P/c1-3-5-7-9-11-13-15-17-21-23(19,20)22-18-16-14-12-10-8-6-4-2;1-3-5-7-9-11-13-15-19-21(17,18)20-16-14-12-10-8-6-4-2;1-3-5-7-9-11-13-17-19(15,16)18-14-12-10-8-6-4-2/h15-18H,3-14H2,1-2H3,(H,19,20);13-16H,3-12H2,1-2H3,(H,17,18);11-14H,3-10H2,1-2H3,(H,15,16). The molecular weight excluding hydrogens is 861 g/mol. The molecule has 0 spiro atoms. The van der Waals surface area contributed by atoms with Gasteiger partial charge in [0.1, 0.15) is 0 Å². The van der Waals surface area contributed by atoms with Gasteiger partial charge in [0.2, 0.25) is 0 Å². The maximum atomic E-state index is 11.6. The minimum absolute atomic E-state index is 0.848. The summed E-state index contributed by atoms with van der Waals surface area (Å²) in [7, 11) is -12.0. The Morgan fingerprint density at radius 2 is 0.413 bits per heavy atom. The molecule has 372 valence electrons. The third-order valence-electron chi connectivity index (χ3n) is 9.09. The number of hydrogen-bond acceptors (Lipinski definition) is 9. The highest BCUT2D eigenvalue weighted by Crippen LogP contribution is 2.45. The Hall–Kier alpha value is -2.19. The molecule has 0 heterocycles. The molecule has 0 aromatic carbocycles. The van der Waals surface area contributed by atoms with Crippen molar-refractivity contribution in [1.82, 2.24) is 0 Å². The molecule has 0 fully saturated rings. The summed E-state index contributed by atoms with van der Waals surface area (Å²) in [5.74, 6) is 0. The minimum atomic E-state index is -4.00. The second kappa shape index (κ2) is 50.8. The highest BCUT2D eigenvalue weighted by molar-refractivity contribution is 7.48. The minimum Gasteiger partial charge on any atom is -0.404 e. The summed E-state index contributed by atoms with van der Waals surface area (Å²) in [5, 5.41) is 0. The van der Waals surface area contributed by atoms with Crippen LogP contribution in [-0.4, -0.2) is 14.7 Å². The van der Waals surface area contributed by atoms with E-state index in [2.05, 4.69) is 41.5 Å². The number of hydrogen-bond donors (Lipinski definition) is 3. The molecule has 15 heteroatoms. The lowest BCUT2D eigenvalue weighted by Gasteiger charge is -2.07. The molecule has 0 atom stereocenters. The van der Waals surface area contributed by atoms with Crippen LogP contribution < -0.4 is 0 Å². The van der Waals surface area contributed by atoms with Crippen LogP contribution in [0.25, 0.3) is 0 Å². The van der Waals surface area contributed by atoms with Gasteiger partial charge in [-0.05, 0) is 114 Å².